The van der Waals surface area contributed by atoms with E-state index in [0.717, 1.165) is 5.69 Å². The van der Waals surface area contributed by atoms with Crippen LogP contribution in [-0.4, -0.2) is 9.55 Å². The van der Waals surface area contributed by atoms with Gasteiger partial charge in [0.2, 0.25) is 0 Å². The van der Waals surface area contributed by atoms with E-state index in [4.69, 9.17) is 0 Å². The molecule has 2 heteroatoms. The van der Waals surface area contributed by atoms with E-state index in [1.54, 1.807) is 0 Å². The lowest BCUT2D eigenvalue weighted by molar-refractivity contribution is 1.12. The normalized spacial score (nSPS) is 10.9. The van der Waals surface area contributed by atoms with E-state index >= 15 is 0 Å². The molecule has 21 heavy (non-hydrogen) atoms. The Balaban J connectivity index is 2.07. The molecule has 0 aliphatic heterocycles. The Kier molecular flexibility index (Phi) is 2.79. The number of rotatable bonds is 2. The van der Waals surface area contributed by atoms with Crippen LogP contribution in [-0.2, 0) is 0 Å². The quantitative estimate of drug-likeness (QED) is 0.516. The molecule has 2 heterocycles. The molecule has 4 rings (SSSR count). The van der Waals surface area contributed by atoms with Gasteiger partial charge < -0.3 is 4.57 Å². The Hall–Kier alpha value is -2.87. The molecule has 0 atom stereocenters. The first-order valence-corrected chi connectivity index (χ1v) is 7.00. The Morgan fingerprint density at radius 1 is 0.714 bits per heavy atom. The number of benzene rings is 2. The number of pyridine rings is 1. The van der Waals surface area contributed by atoms with Crippen LogP contribution in [0.15, 0.2) is 85.2 Å². The van der Waals surface area contributed by atoms with Crippen LogP contribution in [0.4, 0.5) is 0 Å². The average Bonchev–Trinajstić information content (AvgIpc) is 2.96. The van der Waals surface area contributed by atoms with Crippen molar-refractivity contribution in [2.45, 2.75) is 0 Å². The number of aromatic nitrogens is 2. The first-order valence-electron chi connectivity index (χ1n) is 7.00. The average molecular weight is 270 g/mol. The van der Waals surface area contributed by atoms with Gasteiger partial charge in [-0.1, -0.05) is 48.5 Å². The highest BCUT2D eigenvalue weighted by atomic mass is 15.0. The molecule has 0 saturated carbocycles. The summed E-state index contributed by atoms with van der Waals surface area (Å²) in [5.74, 6) is 0. The summed E-state index contributed by atoms with van der Waals surface area (Å²) in [7, 11) is 0. The number of fused-ring (bicyclic) bond motifs is 1. The topological polar surface area (TPSA) is 17.8 Å². The number of hydrogen-bond acceptors (Lipinski definition) is 1. The molecule has 4 aromatic rings. The van der Waals surface area contributed by atoms with Gasteiger partial charge in [-0.15, -0.1) is 0 Å². The van der Waals surface area contributed by atoms with Gasteiger partial charge >= 0.3 is 0 Å². The molecule has 0 aliphatic rings. The molecule has 0 fully saturated rings. The van der Waals surface area contributed by atoms with Gasteiger partial charge in [0.05, 0.1) is 11.2 Å². The first kappa shape index (κ1) is 11.9. The second-order valence-corrected chi connectivity index (χ2v) is 5.00. The first-order chi connectivity index (χ1) is 10.4. The van der Waals surface area contributed by atoms with Crippen molar-refractivity contribution in [3.05, 3.63) is 85.2 Å². The minimum absolute atomic E-state index is 1.13. The highest BCUT2D eigenvalue weighted by Gasteiger charge is 2.11. The van der Waals surface area contributed by atoms with Crippen molar-refractivity contribution in [3.8, 4) is 16.9 Å². The number of para-hydroxylation sites is 1. The standard InChI is InChI=1S/C19H14N2/c1-2-6-15(7-3-1)19-14-16-8-4-5-9-18(16)21(19)17-10-12-20-13-11-17/h1-14H. The third-order valence-electron chi connectivity index (χ3n) is 3.70. The summed E-state index contributed by atoms with van der Waals surface area (Å²) in [6.07, 6.45) is 3.66. The lowest BCUT2D eigenvalue weighted by atomic mass is 10.1. The van der Waals surface area contributed by atoms with Crippen molar-refractivity contribution >= 4 is 10.9 Å². The molecular weight excluding hydrogens is 256 g/mol. The molecule has 0 saturated heterocycles. The summed E-state index contributed by atoms with van der Waals surface area (Å²) in [5.41, 5.74) is 4.75. The third kappa shape index (κ3) is 2.01. The largest absolute Gasteiger partial charge is 0.309 e. The highest BCUT2D eigenvalue weighted by Crippen LogP contribution is 2.31. The summed E-state index contributed by atoms with van der Waals surface area (Å²) < 4.78 is 2.28. The van der Waals surface area contributed by atoms with Gasteiger partial charge in [0.1, 0.15) is 0 Å². The molecule has 0 spiro atoms. The van der Waals surface area contributed by atoms with Crippen molar-refractivity contribution in [1.82, 2.24) is 9.55 Å². The van der Waals surface area contributed by atoms with Gasteiger partial charge in [-0.3, -0.25) is 4.98 Å². The molecule has 0 bridgehead atoms. The molecule has 2 nitrogen and oxygen atoms in total. The van der Waals surface area contributed by atoms with E-state index in [1.807, 2.05) is 30.6 Å². The maximum atomic E-state index is 4.12. The van der Waals surface area contributed by atoms with Crippen LogP contribution < -0.4 is 0 Å². The van der Waals surface area contributed by atoms with Crippen molar-refractivity contribution in [2.75, 3.05) is 0 Å². The second kappa shape index (κ2) is 4.91. The third-order valence-corrected chi connectivity index (χ3v) is 3.70. The summed E-state index contributed by atoms with van der Waals surface area (Å²) >= 11 is 0. The van der Waals surface area contributed by atoms with Crippen LogP contribution in [0.25, 0.3) is 27.8 Å². The van der Waals surface area contributed by atoms with E-state index in [2.05, 4.69) is 64.1 Å². The Morgan fingerprint density at radius 3 is 2.24 bits per heavy atom. The van der Waals surface area contributed by atoms with Crippen LogP contribution in [0, 0.1) is 0 Å². The molecule has 2 aromatic carbocycles. The van der Waals surface area contributed by atoms with Gasteiger partial charge in [-0.05, 0) is 29.8 Å². The zero-order valence-electron chi connectivity index (χ0n) is 11.5. The predicted octanol–water partition coefficient (Wildman–Crippen LogP) is 4.69. The molecule has 2 aromatic heterocycles. The Bertz CT molecular complexity index is 877. The van der Waals surface area contributed by atoms with E-state index in [0.29, 0.717) is 0 Å². The second-order valence-electron chi connectivity index (χ2n) is 5.00. The van der Waals surface area contributed by atoms with Crippen molar-refractivity contribution in [2.24, 2.45) is 0 Å². The van der Waals surface area contributed by atoms with Crippen LogP contribution in [0.1, 0.15) is 0 Å². The smallest absolute Gasteiger partial charge is 0.0541 e. The minimum Gasteiger partial charge on any atom is -0.309 e. The molecule has 100 valence electrons. The summed E-state index contributed by atoms with van der Waals surface area (Å²) in [6.45, 7) is 0. The van der Waals surface area contributed by atoms with E-state index in [9.17, 15) is 0 Å². The zero-order valence-corrected chi connectivity index (χ0v) is 11.5. The zero-order chi connectivity index (χ0) is 14.1. The number of nitrogens with zero attached hydrogens (tertiary/aromatic N) is 2. The van der Waals surface area contributed by atoms with E-state index in [-0.39, 0.29) is 0 Å². The molecule has 0 unspecified atom stereocenters. The molecule has 0 aliphatic carbocycles. The fourth-order valence-electron chi connectivity index (χ4n) is 2.75. The van der Waals surface area contributed by atoms with Crippen molar-refractivity contribution in [1.29, 1.82) is 0 Å². The molecule has 0 N–H and O–H groups in total. The highest BCUT2D eigenvalue weighted by molar-refractivity contribution is 5.89. The maximum Gasteiger partial charge on any atom is 0.0541 e. The Labute approximate surface area is 123 Å². The van der Waals surface area contributed by atoms with Gasteiger partial charge in [-0.2, -0.15) is 0 Å². The van der Waals surface area contributed by atoms with Crippen LogP contribution >= 0.6 is 0 Å². The fraction of sp³-hybridized carbons (Fsp3) is 0. The SMILES string of the molecule is c1ccc(-c2cc3ccccc3n2-c2ccncc2)cc1. The van der Waals surface area contributed by atoms with Crippen molar-refractivity contribution < 1.29 is 0 Å². The predicted molar refractivity (Wildman–Crippen MR) is 86.5 cm³/mol. The van der Waals surface area contributed by atoms with Crippen molar-refractivity contribution in [3.63, 3.8) is 0 Å². The van der Waals surface area contributed by atoms with E-state index in [1.165, 1.54) is 22.2 Å². The van der Waals surface area contributed by atoms with Gasteiger partial charge in [0.25, 0.3) is 0 Å². The minimum atomic E-state index is 1.13. The lowest BCUT2D eigenvalue weighted by Crippen LogP contribution is -1.96. The fourth-order valence-corrected chi connectivity index (χ4v) is 2.75. The van der Waals surface area contributed by atoms with Gasteiger partial charge in [0, 0.05) is 23.5 Å². The van der Waals surface area contributed by atoms with Gasteiger partial charge in [0.15, 0.2) is 0 Å². The van der Waals surface area contributed by atoms with Crippen LogP contribution in [0.2, 0.25) is 0 Å². The maximum absolute atomic E-state index is 4.12. The molecular formula is C19H14N2. The monoisotopic (exact) mass is 270 g/mol. The van der Waals surface area contributed by atoms with E-state index < -0.39 is 0 Å². The van der Waals surface area contributed by atoms with Crippen LogP contribution in [0.5, 0.6) is 0 Å². The molecule has 0 radical (unpaired) electrons. The van der Waals surface area contributed by atoms with Crippen LogP contribution in [0.3, 0.4) is 0 Å². The Morgan fingerprint density at radius 2 is 1.43 bits per heavy atom. The summed E-state index contributed by atoms with van der Waals surface area (Å²) in [5, 5.41) is 1.24. The van der Waals surface area contributed by atoms with Gasteiger partial charge in [-0.25, -0.2) is 0 Å². The summed E-state index contributed by atoms with van der Waals surface area (Å²) in [4.78, 5) is 4.12. The molecule has 0 amide bonds. The lowest BCUT2D eigenvalue weighted by Gasteiger charge is -2.10. The summed E-state index contributed by atoms with van der Waals surface area (Å²) in [6, 6.07) is 25.3. The number of hydrogen-bond donors (Lipinski definition) is 0.